The summed E-state index contributed by atoms with van der Waals surface area (Å²) in [5.41, 5.74) is 3.41. The Labute approximate surface area is 190 Å². The lowest BCUT2D eigenvalue weighted by atomic mass is 9.84. The van der Waals surface area contributed by atoms with Crippen LogP contribution in [0.25, 0.3) is 5.57 Å². The van der Waals surface area contributed by atoms with Crippen molar-refractivity contribution in [1.29, 1.82) is 0 Å². The van der Waals surface area contributed by atoms with E-state index in [1.54, 1.807) is 0 Å². The first-order valence-corrected chi connectivity index (χ1v) is 13.2. The lowest BCUT2D eigenvalue weighted by Gasteiger charge is -2.28. The molecule has 0 aliphatic heterocycles. The minimum absolute atomic E-state index is 0.111. The highest BCUT2D eigenvalue weighted by atomic mass is 16.5. The largest absolute Gasteiger partial charge is 0.459 e. The molecule has 1 unspecified atom stereocenters. The normalized spacial score (nSPS) is 23.9. The molecule has 0 radical (unpaired) electrons. The monoisotopic (exact) mass is 424 g/mol. The van der Waals surface area contributed by atoms with Crippen LogP contribution < -0.4 is 0 Å². The maximum atomic E-state index is 12.6. The van der Waals surface area contributed by atoms with E-state index in [2.05, 4.69) is 32.1 Å². The highest BCUT2D eigenvalue weighted by Gasteiger charge is 2.24. The Bertz CT molecular complexity index is 679. The van der Waals surface area contributed by atoms with Gasteiger partial charge in [-0.15, -0.1) is 0 Å². The molecule has 0 bridgehead atoms. The molecule has 1 aromatic rings. The summed E-state index contributed by atoms with van der Waals surface area (Å²) in [5, 5.41) is 0. The second kappa shape index (κ2) is 13.1. The van der Waals surface area contributed by atoms with Crippen molar-refractivity contribution >= 4 is 11.5 Å². The maximum Gasteiger partial charge on any atom is 0.338 e. The Hall–Kier alpha value is -1.57. The first-order chi connectivity index (χ1) is 15.2. The number of carbonyl (C=O) groups excluding carboxylic acids is 1. The topological polar surface area (TPSA) is 26.3 Å². The van der Waals surface area contributed by atoms with E-state index < -0.39 is 0 Å². The average molecular weight is 425 g/mol. The van der Waals surface area contributed by atoms with Gasteiger partial charge in [0, 0.05) is 0 Å². The average Bonchev–Trinajstić information content (AvgIpc) is 2.81. The summed E-state index contributed by atoms with van der Waals surface area (Å²) in [4.78, 5) is 12.6. The molecule has 1 saturated carbocycles. The molecule has 0 saturated heterocycles. The van der Waals surface area contributed by atoms with Gasteiger partial charge in [-0.1, -0.05) is 83.4 Å². The van der Waals surface area contributed by atoms with E-state index in [-0.39, 0.29) is 12.1 Å². The van der Waals surface area contributed by atoms with Crippen LogP contribution in [0.5, 0.6) is 0 Å². The molecular weight excluding hydrogens is 380 g/mol. The fraction of sp³-hybridized carbons (Fsp3) is 0.690. The molecule has 2 aliphatic rings. The van der Waals surface area contributed by atoms with Gasteiger partial charge in [0.05, 0.1) is 5.56 Å². The van der Waals surface area contributed by atoms with Crippen LogP contribution in [0.4, 0.5) is 0 Å². The van der Waals surface area contributed by atoms with E-state index in [1.165, 1.54) is 88.2 Å². The lowest BCUT2D eigenvalue weighted by Crippen LogP contribution is -2.24. The molecule has 0 N–H and O–H groups in total. The zero-order valence-corrected chi connectivity index (χ0v) is 20.0. The summed E-state index contributed by atoms with van der Waals surface area (Å²) in [6.45, 7) is 4.55. The number of unbranched alkanes of at least 4 members (excludes halogenated alkanes) is 4. The van der Waals surface area contributed by atoms with Gasteiger partial charge in [-0.05, 0) is 80.1 Å². The molecule has 2 aliphatic carbocycles. The van der Waals surface area contributed by atoms with E-state index in [1.807, 2.05) is 12.1 Å². The Kier molecular flexibility index (Phi) is 10.2. The molecular formula is C29H44O2. The van der Waals surface area contributed by atoms with Crippen LogP contribution >= 0.6 is 0 Å². The number of benzene rings is 1. The van der Waals surface area contributed by atoms with Crippen LogP contribution in [-0.4, -0.2) is 12.1 Å². The zero-order chi connectivity index (χ0) is 21.9. The Morgan fingerprint density at radius 1 is 0.839 bits per heavy atom. The Balaban J connectivity index is 1.39. The minimum Gasteiger partial charge on any atom is -0.459 e. The summed E-state index contributed by atoms with van der Waals surface area (Å²) in [7, 11) is 0. The number of rotatable bonds is 11. The van der Waals surface area contributed by atoms with Gasteiger partial charge < -0.3 is 4.74 Å². The zero-order valence-electron chi connectivity index (χ0n) is 20.0. The fourth-order valence-electron chi connectivity index (χ4n) is 5.44. The summed E-state index contributed by atoms with van der Waals surface area (Å²) in [6, 6.07) is 8.13. The molecule has 31 heavy (non-hydrogen) atoms. The quantitative estimate of drug-likeness (QED) is 0.262. The smallest absolute Gasteiger partial charge is 0.338 e. The fourth-order valence-corrected chi connectivity index (χ4v) is 5.44. The first-order valence-electron chi connectivity index (χ1n) is 13.2. The van der Waals surface area contributed by atoms with E-state index in [0.29, 0.717) is 5.56 Å². The van der Waals surface area contributed by atoms with Gasteiger partial charge in [-0.3, -0.25) is 0 Å². The predicted molar refractivity (Wildman–Crippen MR) is 131 cm³/mol. The summed E-state index contributed by atoms with van der Waals surface area (Å²) < 4.78 is 5.86. The number of hydrogen-bond acceptors (Lipinski definition) is 2. The molecule has 1 atom stereocenters. The molecule has 2 nitrogen and oxygen atoms in total. The molecule has 2 heteroatoms. The predicted octanol–water partition coefficient (Wildman–Crippen LogP) is 8.75. The van der Waals surface area contributed by atoms with Gasteiger partial charge >= 0.3 is 5.97 Å². The third kappa shape index (κ3) is 7.81. The summed E-state index contributed by atoms with van der Waals surface area (Å²) >= 11 is 0. The van der Waals surface area contributed by atoms with Gasteiger partial charge in [0.2, 0.25) is 0 Å². The molecule has 0 heterocycles. The van der Waals surface area contributed by atoms with Crippen molar-refractivity contribution in [3.8, 4) is 0 Å². The number of ether oxygens (including phenoxy) is 1. The van der Waals surface area contributed by atoms with E-state index in [0.717, 1.165) is 31.1 Å². The molecule has 0 amide bonds. The van der Waals surface area contributed by atoms with Crippen molar-refractivity contribution in [2.45, 2.75) is 116 Å². The van der Waals surface area contributed by atoms with Crippen LogP contribution in [0.2, 0.25) is 0 Å². The van der Waals surface area contributed by atoms with Crippen LogP contribution in [-0.2, 0) is 4.74 Å². The molecule has 1 fully saturated rings. The van der Waals surface area contributed by atoms with Crippen LogP contribution in [0.15, 0.2) is 30.3 Å². The second-order valence-electron chi connectivity index (χ2n) is 9.99. The lowest BCUT2D eigenvalue weighted by molar-refractivity contribution is 0.0161. The molecule has 0 spiro atoms. The standard InChI is InChI=1S/C29H44O2/c1-3-5-6-7-8-10-24-13-21-28(22-14-24)31-29(30)27-19-17-26(18-20-27)25-15-11-23(9-4-2)12-16-25/h15,17-20,23-24,28H,3-14,16,21-22H2,1-2H3. The third-order valence-electron chi connectivity index (χ3n) is 7.49. The van der Waals surface area contributed by atoms with Gasteiger partial charge in [0.25, 0.3) is 0 Å². The molecule has 3 rings (SSSR count). The third-order valence-corrected chi connectivity index (χ3v) is 7.49. The Morgan fingerprint density at radius 2 is 1.58 bits per heavy atom. The minimum atomic E-state index is -0.143. The van der Waals surface area contributed by atoms with Crippen molar-refractivity contribution in [3.05, 3.63) is 41.5 Å². The van der Waals surface area contributed by atoms with E-state index in [9.17, 15) is 4.79 Å². The van der Waals surface area contributed by atoms with Crippen LogP contribution in [0, 0.1) is 11.8 Å². The second-order valence-corrected chi connectivity index (χ2v) is 9.99. The maximum absolute atomic E-state index is 12.6. The molecule has 0 aromatic heterocycles. The van der Waals surface area contributed by atoms with Crippen LogP contribution in [0.1, 0.15) is 126 Å². The Morgan fingerprint density at radius 3 is 2.23 bits per heavy atom. The van der Waals surface area contributed by atoms with Crippen molar-refractivity contribution in [2.24, 2.45) is 11.8 Å². The van der Waals surface area contributed by atoms with Crippen molar-refractivity contribution in [3.63, 3.8) is 0 Å². The van der Waals surface area contributed by atoms with E-state index >= 15 is 0 Å². The van der Waals surface area contributed by atoms with Crippen molar-refractivity contribution in [2.75, 3.05) is 0 Å². The number of allylic oxidation sites excluding steroid dienone is 2. The number of carbonyl (C=O) groups is 1. The first kappa shape index (κ1) is 24.1. The molecule has 172 valence electrons. The SMILES string of the molecule is CCCCCCCC1CCC(OC(=O)c2ccc(C3=CCC(CCC)CC3)cc2)CC1. The highest BCUT2D eigenvalue weighted by molar-refractivity contribution is 5.90. The number of esters is 1. The van der Waals surface area contributed by atoms with Crippen LogP contribution in [0.3, 0.4) is 0 Å². The van der Waals surface area contributed by atoms with Gasteiger partial charge in [-0.2, -0.15) is 0 Å². The van der Waals surface area contributed by atoms with E-state index in [4.69, 9.17) is 4.74 Å². The van der Waals surface area contributed by atoms with Gasteiger partial charge in [-0.25, -0.2) is 4.79 Å². The van der Waals surface area contributed by atoms with Gasteiger partial charge in [0.15, 0.2) is 0 Å². The summed E-state index contributed by atoms with van der Waals surface area (Å²) in [6.07, 6.45) is 21.5. The summed E-state index contributed by atoms with van der Waals surface area (Å²) in [5.74, 6) is 1.56. The van der Waals surface area contributed by atoms with Crippen molar-refractivity contribution in [1.82, 2.24) is 0 Å². The molecule has 1 aromatic carbocycles. The highest BCUT2D eigenvalue weighted by Crippen LogP contribution is 2.33. The van der Waals surface area contributed by atoms with Gasteiger partial charge in [0.1, 0.15) is 6.10 Å². The van der Waals surface area contributed by atoms with Crippen molar-refractivity contribution < 1.29 is 9.53 Å². The number of hydrogen-bond donors (Lipinski definition) is 0.